The lowest BCUT2D eigenvalue weighted by Gasteiger charge is -2.13. The first-order valence-electron chi connectivity index (χ1n) is 4.97. The topological polar surface area (TPSA) is 20.2 Å². The van der Waals surface area contributed by atoms with Crippen LogP contribution in [0.25, 0.3) is 0 Å². The fourth-order valence-corrected chi connectivity index (χ4v) is 1.62. The summed E-state index contributed by atoms with van der Waals surface area (Å²) in [5.41, 5.74) is -0.368. The Balaban J connectivity index is 2.47. The predicted molar refractivity (Wildman–Crippen MR) is 56.8 cm³/mol. The van der Waals surface area contributed by atoms with Gasteiger partial charge >= 0.3 is 0 Å². The maximum absolute atomic E-state index is 13.4. The van der Waals surface area contributed by atoms with E-state index in [4.69, 9.17) is 0 Å². The second kappa shape index (κ2) is 4.59. The largest absolute Gasteiger partial charge is 0.383 e. The molecule has 0 radical (unpaired) electrons. The molecule has 1 nitrogen and oxygen atoms in total. The van der Waals surface area contributed by atoms with Crippen LogP contribution in [0.4, 0.5) is 13.2 Å². The first-order valence-corrected chi connectivity index (χ1v) is 4.97. The van der Waals surface area contributed by atoms with Crippen molar-refractivity contribution in [1.82, 2.24) is 0 Å². The molecule has 0 aliphatic heterocycles. The summed E-state index contributed by atoms with van der Waals surface area (Å²) in [6, 6.07) is 8.28. The Bertz CT molecular complexity index is 520. The van der Waals surface area contributed by atoms with Crippen molar-refractivity contribution < 1.29 is 18.3 Å². The first-order chi connectivity index (χ1) is 8.09. The SMILES string of the molecule is OC(c1cccc(F)c1)c1c(F)cccc1F. The van der Waals surface area contributed by atoms with Crippen molar-refractivity contribution in [1.29, 1.82) is 0 Å². The van der Waals surface area contributed by atoms with Crippen LogP contribution in [0.1, 0.15) is 17.2 Å². The van der Waals surface area contributed by atoms with Gasteiger partial charge in [0.15, 0.2) is 0 Å². The van der Waals surface area contributed by atoms with Gasteiger partial charge in [-0.1, -0.05) is 18.2 Å². The fourth-order valence-electron chi connectivity index (χ4n) is 1.62. The summed E-state index contributed by atoms with van der Waals surface area (Å²) in [6.07, 6.45) is -1.52. The van der Waals surface area contributed by atoms with Crippen LogP contribution in [0.2, 0.25) is 0 Å². The first kappa shape index (κ1) is 11.7. The van der Waals surface area contributed by atoms with E-state index in [-0.39, 0.29) is 5.56 Å². The highest BCUT2D eigenvalue weighted by Crippen LogP contribution is 2.26. The Labute approximate surface area is 96.1 Å². The Kier molecular flexibility index (Phi) is 3.15. The predicted octanol–water partition coefficient (Wildman–Crippen LogP) is 3.19. The van der Waals surface area contributed by atoms with Gasteiger partial charge in [-0.05, 0) is 29.8 Å². The zero-order valence-corrected chi connectivity index (χ0v) is 8.70. The summed E-state index contributed by atoms with van der Waals surface area (Å²) in [6.45, 7) is 0. The van der Waals surface area contributed by atoms with Crippen molar-refractivity contribution in [3.05, 3.63) is 71.0 Å². The second-order valence-corrected chi connectivity index (χ2v) is 3.59. The Morgan fingerprint density at radius 1 is 0.882 bits per heavy atom. The normalized spacial score (nSPS) is 12.5. The third-order valence-corrected chi connectivity index (χ3v) is 2.44. The molecule has 0 saturated heterocycles. The molecule has 0 bridgehead atoms. The number of aliphatic hydroxyl groups is 1. The van der Waals surface area contributed by atoms with Crippen LogP contribution in [0.5, 0.6) is 0 Å². The lowest BCUT2D eigenvalue weighted by Crippen LogP contribution is -2.05. The maximum Gasteiger partial charge on any atom is 0.132 e. The van der Waals surface area contributed by atoms with Crippen molar-refractivity contribution >= 4 is 0 Å². The average molecular weight is 238 g/mol. The summed E-state index contributed by atoms with van der Waals surface area (Å²) in [5, 5.41) is 9.83. The van der Waals surface area contributed by atoms with E-state index in [9.17, 15) is 18.3 Å². The van der Waals surface area contributed by atoms with Gasteiger partial charge in [0.2, 0.25) is 0 Å². The van der Waals surface area contributed by atoms with E-state index in [0.29, 0.717) is 0 Å². The molecule has 17 heavy (non-hydrogen) atoms. The van der Waals surface area contributed by atoms with E-state index in [1.54, 1.807) is 0 Å². The van der Waals surface area contributed by atoms with Crippen molar-refractivity contribution in [2.45, 2.75) is 6.10 Å². The molecule has 1 atom stereocenters. The van der Waals surface area contributed by atoms with Gasteiger partial charge in [-0.3, -0.25) is 0 Å². The van der Waals surface area contributed by atoms with Gasteiger partial charge < -0.3 is 5.11 Å². The molecule has 1 N–H and O–H groups in total. The van der Waals surface area contributed by atoms with Crippen LogP contribution in [-0.2, 0) is 0 Å². The minimum Gasteiger partial charge on any atom is -0.383 e. The monoisotopic (exact) mass is 238 g/mol. The molecule has 0 aliphatic carbocycles. The Morgan fingerprint density at radius 2 is 1.47 bits per heavy atom. The molecular formula is C13H9F3O. The standard InChI is InChI=1S/C13H9F3O/c14-9-4-1-3-8(7-9)13(17)12-10(15)5-2-6-11(12)16/h1-7,13,17H. The van der Waals surface area contributed by atoms with Crippen molar-refractivity contribution in [3.63, 3.8) is 0 Å². The van der Waals surface area contributed by atoms with E-state index in [0.717, 1.165) is 18.2 Å². The van der Waals surface area contributed by atoms with Gasteiger partial charge in [0.25, 0.3) is 0 Å². The zero-order chi connectivity index (χ0) is 12.4. The van der Waals surface area contributed by atoms with Crippen LogP contribution in [0, 0.1) is 17.5 Å². The van der Waals surface area contributed by atoms with Crippen LogP contribution < -0.4 is 0 Å². The zero-order valence-electron chi connectivity index (χ0n) is 8.70. The average Bonchev–Trinajstić information content (AvgIpc) is 2.28. The van der Waals surface area contributed by atoms with Crippen molar-refractivity contribution in [2.75, 3.05) is 0 Å². The highest BCUT2D eigenvalue weighted by Gasteiger charge is 2.19. The molecule has 0 spiro atoms. The van der Waals surface area contributed by atoms with Gasteiger partial charge in [0, 0.05) is 0 Å². The summed E-state index contributed by atoms with van der Waals surface area (Å²) >= 11 is 0. The summed E-state index contributed by atoms with van der Waals surface area (Å²) in [4.78, 5) is 0. The number of aliphatic hydroxyl groups excluding tert-OH is 1. The lowest BCUT2D eigenvalue weighted by molar-refractivity contribution is 0.208. The fraction of sp³-hybridized carbons (Fsp3) is 0.0769. The molecule has 4 heteroatoms. The van der Waals surface area contributed by atoms with Crippen molar-refractivity contribution in [2.24, 2.45) is 0 Å². The third kappa shape index (κ3) is 2.31. The molecule has 2 rings (SSSR count). The molecule has 0 aromatic heterocycles. The molecule has 0 heterocycles. The second-order valence-electron chi connectivity index (χ2n) is 3.59. The van der Waals surface area contributed by atoms with E-state index >= 15 is 0 Å². The molecular weight excluding hydrogens is 229 g/mol. The Morgan fingerprint density at radius 3 is 2.06 bits per heavy atom. The molecule has 0 amide bonds. The third-order valence-electron chi connectivity index (χ3n) is 2.44. The van der Waals surface area contributed by atoms with Gasteiger partial charge in [0.1, 0.15) is 23.6 Å². The summed E-state index contributed by atoms with van der Waals surface area (Å²) < 4.78 is 39.7. The van der Waals surface area contributed by atoms with E-state index in [1.807, 2.05) is 0 Å². The summed E-state index contributed by atoms with van der Waals surface area (Å²) in [7, 11) is 0. The van der Waals surface area contributed by atoms with Crippen LogP contribution >= 0.6 is 0 Å². The molecule has 0 fully saturated rings. The van der Waals surface area contributed by atoms with Gasteiger partial charge in [0.05, 0.1) is 5.56 Å². The minimum absolute atomic E-state index is 0.106. The summed E-state index contributed by atoms with van der Waals surface area (Å²) in [5.74, 6) is -2.29. The highest BCUT2D eigenvalue weighted by molar-refractivity contribution is 5.32. The molecule has 1 unspecified atom stereocenters. The van der Waals surface area contributed by atoms with E-state index in [2.05, 4.69) is 0 Å². The quantitative estimate of drug-likeness (QED) is 0.851. The van der Waals surface area contributed by atoms with Gasteiger partial charge in [-0.15, -0.1) is 0 Å². The number of benzene rings is 2. The van der Waals surface area contributed by atoms with Crippen LogP contribution in [-0.4, -0.2) is 5.11 Å². The molecule has 2 aromatic rings. The van der Waals surface area contributed by atoms with Crippen molar-refractivity contribution in [3.8, 4) is 0 Å². The number of hydrogen-bond donors (Lipinski definition) is 1. The lowest BCUT2D eigenvalue weighted by atomic mass is 10.0. The Hall–Kier alpha value is -1.81. The molecule has 0 aliphatic rings. The molecule has 88 valence electrons. The van der Waals surface area contributed by atoms with Gasteiger partial charge in [-0.2, -0.15) is 0 Å². The maximum atomic E-state index is 13.4. The van der Waals surface area contributed by atoms with Gasteiger partial charge in [-0.25, -0.2) is 13.2 Å². The van der Waals surface area contributed by atoms with Crippen LogP contribution in [0.15, 0.2) is 42.5 Å². The highest BCUT2D eigenvalue weighted by atomic mass is 19.1. The van der Waals surface area contributed by atoms with Crippen LogP contribution in [0.3, 0.4) is 0 Å². The molecule has 2 aromatic carbocycles. The van der Waals surface area contributed by atoms with E-state index in [1.165, 1.54) is 24.3 Å². The van der Waals surface area contributed by atoms with E-state index < -0.39 is 29.1 Å². The minimum atomic E-state index is -1.52. The number of rotatable bonds is 2. The smallest absolute Gasteiger partial charge is 0.132 e. The molecule has 0 saturated carbocycles. The number of hydrogen-bond acceptors (Lipinski definition) is 1. The number of halogens is 3.